The summed E-state index contributed by atoms with van der Waals surface area (Å²) in [5.41, 5.74) is 6.28. The molecule has 0 aliphatic heterocycles. The maximum atomic E-state index is 13.3. The number of unbranched alkanes of at least 4 members (excludes halogenated alkanes) is 1. The Hall–Kier alpha value is -1.40. The Bertz CT molecular complexity index is 382. The predicted molar refractivity (Wildman–Crippen MR) is 60.7 cm³/mol. The number of hydrogen-bond donors (Lipinski definition) is 1. The highest BCUT2D eigenvalue weighted by molar-refractivity contribution is 5.19. The normalized spacial score (nSPS) is 12.1. The molecule has 1 aromatic rings. The van der Waals surface area contributed by atoms with Crippen LogP contribution < -0.4 is 5.73 Å². The van der Waals surface area contributed by atoms with E-state index in [0.717, 1.165) is 18.9 Å². The average Bonchev–Trinajstić information content (AvgIpc) is 2.23. The Balaban J connectivity index is 2.50. The number of benzene rings is 1. The monoisotopic (exact) mass is 223 g/mol. The summed E-state index contributed by atoms with van der Waals surface area (Å²) in [5.74, 6) is 1.42. The van der Waals surface area contributed by atoms with Crippen molar-refractivity contribution in [2.24, 2.45) is 5.73 Å². The van der Waals surface area contributed by atoms with Crippen LogP contribution in [0.4, 0.5) is 8.78 Å². The summed E-state index contributed by atoms with van der Waals surface area (Å²) >= 11 is 0. The zero-order chi connectivity index (χ0) is 12.0. The molecule has 1 nitrogen and oxygen atoms in total. The van der Waals surface area contributed by atoms with Gasteiger partial charge in [-0.2, -0.15) is 0 Å². The van der Waals surface area contributed by atoms with Gasteiger partial charge in [0.1, 0.15) is 11.6 Å². The lowest BCUT2D eigenvalue weighted by molar-refractivity contribution is 0.542. The highest BCUT2D eigenvalue weighted by Crippen LogP contribution is 2.13. The average molecular weight is 223 g/mol. The van der Waals surface area contributed by atoms with Gasteiger partial charge in [0.05, 0.1) is 0 Å². The van der Waals surface area contributed by atoms with Crippen LogP contribution in [-0.2, 0) is 6.42 Å². The predicted octanol–water partition coefficient (Wildman–Crippen LogP) is 2.64. The van der Waals surface area contributed by atoms with Gasteiger partial charge in [0.2, 0.25) is 0 Å². The van der Waals surface area contributed by atoms with Crippen molar-refractivity contribution in [3.05, 3.63) is 35.4 Å². The van der Waals surface area contributed by atoms with E-state index >= 15 is 0 Å². The molecule has 86 valence electrons. The van der Waals surface area contributed by atoms with Crippen LogP contribution in [0.2, 0.25) is 0 Å². The van der Waals surface area contributed by atoms with Crippen molar-refractivity contribution in [1.29, 1.82) is 0 Å². The second-order valence-corrected chi connectivity index (χ2v) is 3.80. The van der Waals surface area contributed by atoms with E-state index < -0.39 is 11.6 Å². The standard InChI is InChI=1S/C13H15F2N/c1-2-3-4-5-12(16)8-10-6-7-11(14)9-13(10)15/h1,6-7,9,12H,3-5,8,16H2. The van der Waals surface area contributed by atoms with Crippen LogP contribution in [-0.4, -0.2) is 6.04 Å². The first-order valence-corrected chi connectivity index (χ1v) is 5.26. The molecule has 0 aliphatic rings. The maximum Gasteiger partial charge on any atom is 0.129 e. The molecule has 0 aromatic heterocycles. The SMILES string of the molecule is C#CCCCC(N)Cc1ccc(F)cc1F. The van der Waals surface area contributed by atoms with Gasteiger partial charge in [-0.25, -0.2) is 8.78 Å². The Morgan fingerprint density at radius 1 is 1.38 bits per heavy atom. The number of nitrogens with two attached hydrogens (primary N) is 1. The topological polar surface area (TPSA) is 26.0 Å². The van der Waals surface area contributed by atoms with Crippen LogP contribution >= 0.6 is 0 Å². The summed E-state index contributed by atoms with van der Waals surface area (Å²) in [5, 5.41) is 0. The molecule has 0 saturated carbocycles. The lowest BCUT2D eigenvalue weighted by atomic mass is 10.0. The molecule has 0 saturated heterocycles. The van der Waals surface area contributed by atoms with E-state index in [4.69, 9.17) is 12.2 Å². The Morgan fingerprint density at radius 2 is 2.12 bits per heavy atom. The van der Waals surface area contributed by atoms with Crippen LogP contribution in [0.5, 0.6) is 0 Å². The van der Waals surface area contributed by atoms with E-state index in [9.17, 15) is 8.78 Å². The van der Waals surface area contributed by atoms with Crippen LogP contribution in [0.1, 0.15) is 24.8 Å². The van der Waals surface area contributed by atoms with Crippen LogP contribution in [0.25, 0.3) is 0 Å². The van der Waals surface area contributed by atoms with Crippen molar-refractivity contribution < 1.29 is 8.78 Å². The molecular weight excluding hydrogens is 208 g/mol. The minimum atomic E-state index is -0.567. The van der Waals surface area contributed by atoms with E-state index in [2.05, 4.69) is 5.92 Å². The van der Waals surface area contributed by atoms with Gasteiger partial charge in [0.25, 0.3) is 0 Å². The van der Waals surface area contributed by atoms with Gasteiger partial charge < -0.3 is 5.73 Å². The molecule has 3 heteroatoms. The van der Waals surface area contributed by atoms with Gasteiger partial charge in [-0.3, -0.25) is 0 Å². The molecular formula is C13H15F2N. The number of halogens is 2. The van der Waals surface area contributed by atoms with E-state index in [1.807, 2.05) is 0 Å². The van der Waals surface area contributed by atoms with Crippen molar-refractivity contribution >= 4 is 0 Å². The van der Waals surface area contributed by atoms with Crippen LogP contribution in [0.15, 0.2) is 18.2 Å². The summed E-state index contributed by atoms with van der Waals surface area (Å²) in [6.45, 7) is 0. The molecule has 1 unspecified atom stereocenters. The summed E-state index contributed by atoms with van der Waals surface area (Å²) in [7, 11) is 0. The highest BCUT2D eigenvalue weighted by atomic mass is 19.1. The largest absolute Gasteiger partial charge is 0.327 e. The minimum Gasteiger partial charge on any atom is -0.327 e. The smallest absolute Gasteiger partial charge is 0.129 e. The first kappa shape index (κ1) is 12.7. The van der Waals surface area contributed by atoms with Crippen molar-refractivity contribution in [1.82, 2.24) is 0 Å². The molecule has 0 radical (unpaired) electrons. The first-order valence-electron chi connectivity index (χ1n) is 5.26. The molecule has 0 bridgehead atoms. The highest BCUT2D eigenvalue weighted by Gasteiger charge is 2.08. The van der Waals surface area contributed by atoms with Crippen molar-refractivity contribution in [3.63, 3.8) is 0 Å². The van der Waals surface area contributed by atoms with E-state index in [-0.39, 0.29) is 6.04 Å². The third-order valence-corrected chi connectivity index (χ3v) is 2.39. The molecule has 16 heavy (non-hydrogen) atoms. The number of hydrogen-bond acceptors (Lipinski definition) is 1. The second kappa shape index (κ2) is 6.24. The molecule has 0 spiro atoms. The fourth-order valence-corrected chi connectivity index (χ4v) is 1.54. The lowest BCUT2D eigenvalue weighted by Crippen LogP contribution is -2.23. The summed E-state index contributed by atoms with van der Waals surface area (Å²) in [4.78, 5) is 0. The number of terminal acetylenes is 1. The summed E-state index contributed by atoms with van der Waals surface area (Å²) < 4.78 is 25.9. The molecule has 1 atom stereocenters. The van der Waals surface area contributed by atoms with Crippen molar-refractivity contribution in [2.75, 3.05) is 0 Å². The third-order valence-electron chi connectivity index (χ3n) is 2.39. The third kappa shape index (κ3) is 4.00. The van der Waals surface area contributed by atoms with E-state index in [0.29, 0.717) is 18.4 Å². The zero-order valence-corrected chi connectivity index (χ0v) is 9.05. The van der Waals surface area contributed by atoms with Crippen LogP contribution in [0, 0.1) is 24.0 Å². The van der Waals surface area contributed by atoms with Crippen molar-refractivity contribution in [2.45, 2.75) is 31.7 Å². The van der Waals surface area contributed by atoms with E-state index in [1.54, 1.807) is 0 Å². The summed E-state index contributed by atoms with van der Waals surface area (Å²) in [6.07, 6.45) is 7.79. The minimum absolute atomic E-state index is 0.131. The van der Waals surface area contributed by atoms with Gasteiger partial charge in [0, 0.05) is 18.5 Å². The Labute approximate surface area is 94.7 Å². The maximum absolute atomic E-state index is 13.3. The molecule has 2 N–H and O–H groups in total. The fourth-order valence-electron chi connectivity index (χ4n) is 1.54. The molecule has 0 amide bonds. The first-order chi connectivity index (χ1) is 7.63. The van der Waals surface area contributed by atoms with Crippen molar-refractivity contribution in [3.8, 4) is 12.3 Å². The van der Waals surface area contributed by atoms with E-state index in [1.165, 1.54) is 12.1 Å². The molecule has 1 rings (SSSR count). The molecule has 0 fully saturated rings. The quantitative estimate of drug-likeness (QED) is 0.602. The Kier molecular flexibility index (Phi) is 4.94. The Morgan fingerprint density at radius 3 is 2.75 bits per heavy atom. The molecule has 0 heterocycles. The van der Waals surface area contributed by atoms with Gasteiger partial charge in [0.15, 0.2) is 0 Å². The van der Waals surface area contributed by atoms with Gasteiger partial charge >= 0.3 is 0 Å². The molecule has 1 aromatic carbocycles. The summed E-state index contributed by atoms with van der Waals surface area (Å²) in [6, 6.07) is 3.43. The van der Waals surface area contributed by atoms with Crippen LogP contribution in [0.3, 0.4) is 0 Å². The van der Waals surface area contributed by atoms with Gasteiger partial charge in [-0.1, -0.05) is 6.07 Å². The lowest BCUT2D eigenvalue weighted by Gasteiger charge is -2.11. The number of rotatable bonds is 5. The van der Waals surface area contributed by atoms with Gasteiger partial charge in [-0.15, -0.1) is 12.3 Å². The second-order valence-electron chi connectivity index (χ2n) is 3.80. The molecule has 0 aliphatic carbocycles. The van der Waals surface area contributed by atoms with Gasteiger partial charge in [-0.05, 0) is 30.9 Å². The zero-order valence-electron chi connectivity index (χ0n) is 9.05. The fraction of sp³-hybridized carbons (Fsp3) is 0.385.